The molecule has 134 valence electrons. The summed E-state index contributed by atoms with van der Waals surface area (Å²) in [4.78, 5) is 11.8. The first-order chi connectivity index (χ1) is 11.9. The van der Waals surface area contributed by atoms with E-state index in [0.717, 1.165) is 5.75 Å². The maximum Gasteiger partial charge on any atom is 0.220 e. The second kappa shape index (κ2) is 8.65. The van der Waals surface area contributed by atoms with Crippen molar-refractivity contribution >= 4 is 5.91 Å². The molecule has 0 saturated carbocycles. The summed E-state index contributed by atoms with van der Waals surface area (Å²) >= 11 is 0. The first-order valence-corrected chi connectivity index (χ1v) is 8.60. The van der Waals surface area contributed by atoms with E-state index in [1.54, 1.807) is 18.2 Å². The van der Waals surface area contributed by atoms with Crippen molar-refractivity contribution in [2.75, 3.05) is 6.61 Å². The van der Waals surface area contributed by atoms with E-state index in [1.807, 2.05) is 12.1 Å². The number of ether oxygens (including phenoxy) is 1. The highest BCUT2D eigenvalue weighted by atomic mass is 19.1. The first kappa shape index (κ1) is 19.0. The molecule has 25 heavy (non-hydrogen) atoms. The number of nitrogens with one attached hydrogen (secondary N) is 1. The van der Waals surface area contributed by atoms with Crippen molar-refractivity contribution in [3.63, 3.8) is 0 Å². The summed E-state index contributed by atoms with van der Waals surface area (Å²) in [6.07, 6.45) is 0.971. The highest BCUT2D eigenvalue weighted by Crippen LogP contribution is 2.24. The van der Waals surface area contributed by atoms with Crippen LogP contribution in [-0.2, 0) is 16.8 Å². The molecule has 0 spiro atoms. The van der Waals surface area contributed by atoms with Crippen LogP contribution >= 0.6 is 0 Å². The van der Waals surface area contributed by atoms with Crippen LogP contribution in [-0.4, -0.2) is 12.5 Å². The minimum absolute atomic E-state index is 0.102. The van der Waals surface area contributed by atoms with Gasteiger partial charge < -0.3 is 10.1 Å². The molecular formula is C21H26FNO2. The van der Waals surface area contributed by atoms with Crippen LogP contribution in [0.1, 0.15) is 44.7 Å². The van der Waals surface area contributed by atoms with Gasteiger partial charge >= 0.3 is 0 Å². The van der Waals surface area contributed by atoms with Crippen LogP contribution in [0.15, 0.2) is 48.5 Å². The summed E-state index contributed by atoms with van der Waals surface area (Å²) in [7, 11) is 0. The number of hydrogen-bond donors (Lipinski definition) is 1. The van der Waals surface area contributed by atoms with Crippen LogP contribution in [0.4, 0.5) is 4.39 Å². The Morgan fingerprint density at radius 3 is 2.40 bits per heavy atom. The minimum Gasteiger partial charge on any atom is -0.494 e. The molecular weight excluding hydrogens is 317 g/mol. The highest BCUT2D eigenvalue weighted by molar-refractivity contribution is 5.75. The van der Waals surface area contributed by atoms with Gasteiger partial charge in [-0.2, -0.15) is 0 Å². The van der Waals surface area contributed by atoms with Crippen LogP contribution < -0.4 is 10.1 Å². The zero-order chi connectivity index (χ0) is 18.3. The van der Waals surface area contributed by atoms with E-state index in [1.165, 1.54) is 11.6 Å². The molecule has 0 atom stereocenters. The maximum absolute atomic E-state index is 13.5. The van der Waals surface area contributed by atoms with E-state index >= 15 is 0 Å². The number of halogens is 1. The van der Waals surface area contributed by atoms with Crippen LogP contribution in [0.3, 0.4) is 0 Å². The fourth-order valence-corrected chi connectivity index (χ4v) is 2.40. The number of carbonyl (C=O) groups is 1. The fraction of sp³-hybridized carbons (Fsp3) is 0.381. The minimum atomic E-state index is -0.301. The smallest absolute Gasteiger partial charge is 0.220 e. The van der Waals surface area contributed by atoms with E-state index in [-0.39, 0.29) is 23.7 Å². The summed E-state index contributed by atoms with van der Waals surface area (Å²) in [5.41, 5.74) is 1.87. The average molecular weight is 343 g/mol. The molecule has 0 aromatic heterocycles. The number of benzene rings is 2. The Balaban J connectivity index is 1.67. The van der Waals surface area contributed by atoms with Crippen molar-refractivity contribution in [2.24, 2.45) is 0 Å². The van der Waals surface area contributed by atoms with Crippen molar-refractivity contribution in [3.05, 3.63) is 65.5 Å². The summed E-state index contributed by atoms with van der Waals surface area (Å²) in [5.74, 6) is 0.402. The molecule has 2 aromatic rings. The second-order valence-electron chi connectivity index (χ2n) is 7.09. The zero-order valence-corrected chi connectivity index (χ0v) is 15.1. The molecule has 0 unspecified atom stereocenters. The monoisotopic (exact) mass is 343 g/mol. The molecule has 1 N–H and O–H groups in total. The van der Waals surface area contributed by atoms with Gasteiger partial charge in [-0.15, -0.1) is 0 Å². The number of amides is 1. The lowest BCUT2D eigenvalue weighted by Crippen LogP contribution is -2.23. The van der Waals surface area contributed by atoms with Gasteiger partial charge in [0.2, 0.25) is 5.91 Å². The van der Waals surface area contributed by atoms with Gasteiger partial charge in [-0.25, -0.2) is 4.39 Å². The fourth-order valence-electron chi connectivity index (χ4n) is 2.40. The highest BCUT2D eigenvalue weighted by Gasteiger charge is 2.13. The molecule has 0 radical (unpaired) electrons. The van der Waals surface area contributed by atoms with Gasteiger partial charge in [-0.1, -0.05) is 51.1 Å². The molecule has 0 heterocycles. The number of hydrogen-bond acceptors (Lipinski definition) is 2. The summed E-state index contributed by atoms with van der Waals surface area (Å²) in [6.45, 7) is 7.19. The molecule has 0 aliphatic rings. The molecule has 1 amide bonds. The molecule has 3 nitrogen and oxygen atoms in total. The molecule has 2 rings (SSSR count). The third kappa shape index (κ3) is 6.22. The Hall–Kier alpha value is -2.36. The number of carbonyl (C=O) groups excluding carboxylic acids is 1. The van der Waals surface area contributed by atoms with Gasteiger partial charge in [0, 0.05) is 18.5 Å². The molecule has 0 saturated heterocycles. The summed E-state index contributed by atoms with van der Waals surface area (Å²) in [5, 5.41) is 2.73. The number of rotatable bonds is 7. The van der Waals surface area contributed by atoms with E-state index < -0.39 is 0 Å². The van der Waals surface area contributed by atoms with Crippen molar-refractivity contribution in [3.8, 4) is 5.75 Å². The Kier molecular flexibility index (Phi) is 6.57. The van der Waals surface area contributed by atoms with E-state index in [4.69, 9.17) is 4.74 Å². The van der Waals surface area contributed by atoms with Gasteiger partial charge in [0.05, 0.1) is 6.61 Å². The van der Waals surface area contributed by atoms with Crippen molar-refractivity contribution in [1.29, 1.82) is 0 Å². The zero-order valence-electron chi connectivity index (χ0n) is 15.1. The largest absolute Gasteiger partial charge is 0.494 e. The Morgan fingerprint density at radius 2 is 1.76 bits per heavy atom. The van der Waals surface area contributed by atoms with Crippen molar-refractivity contribution in [1.82, 2.24) is 5.32 Å². The SMILES string of the molecule is CC(C)(C)c1ccc(OCCCC(=O)NCc2ccccc2F)cc1. The van der Waals surface area contributed by atoms with Gasteiger partial charge in [-0.05, 0) is 35.6 Å². The third-order valence-corrected chi connectivity index (χ3v) is 3.97. The van der Waals surface area contributed by atoms with Crippen LogP contribution in [0, 0.1) is 5.82 Å². The van der Waals surface area contributed by atoms with Gasteiger partial charge in [0.1, 0.15) is 11.6 Å². The second-order valence-corrected chi connectivity index (χ2v) is 7.09. The topological polar surface area (TPSA) is 38.3 Å². The maximum atomic E-state index is 13.5. The lowest BCUT2D eigenvalue weighted by atomic mass is 9.87. The van der Waals surface area contributed by atoms with E-state index in [2.05, 4.69) is 38.2 Å². The molecule has 2 aromatic carbocycles. The summed E-state index contributed by atoms with van der Waals surface area (Å²) < 4.78 is 19.1. The van der Waals surface area contributed by atoms with E-state index in [9.17, 15) is 9.18 Å². The predicted octanol–water partition coefficient (Wildman–Crippen LogP) is 4.60. The Morgan fingerprint density at radius 1 is 1.08 bits per heavy atom. The van der Waals surface area contributed by atoms with Gasteiger partial charge in [0.25, 0.3) is 0 Å². The van der Waals surface area contributed by atoms with Crippen molar-refractivity contribution < 1.29 is 13.9 Å². The molecule has 4 heteroatoms. The normalized spacial score (nSPS) is 11.2. The predicted molar refractivity (Wildman–Crippen MR) is 98.1 cm³/mol. The van der Waals surface area contributed by atoms with Crippen molar-refractivity contribution in [2.45, 2.75) is 45.6 Å². The lowest BCUT2D eigenvalue weighted by Gasteiger charge is -2.19. The molecule has 0 bridgehead atoms. The molecule has 0 aliphatic carbocycles. The molecule has 0 aliphatic heterocycles. The van der Waals surface area contributed by atoms with E-state index in [0.29, 0.717) is 25.0 Å². The van der Waals surface area contributed by atoms with Crippen LogP contribution in [0.25, 0.3) is 0 Å². The Bertz CT molecular complexity index is 690. The molecule has 0 fully saturated rings. The van der Waals surface area contributed by atoms with Gasteiger partial charge in [-0.3, -0.25) is 4.79 Å². The van der Waals surface area contributed by atoms with Crippen LogP contribution in [0.2, 0.25) is 0 Å². The van der Waals surface area contributed by atoms with Crippen LogP contribution in [0.5, 0.6) is 5.75 Å². The first-order valence-electron chi connectivity index (χ1n) is 8.60. The average Bonchev–Trinajstić information content (AvgIpc) is 2.57. The lowest BCUT2D eigenvalue weighted by molar-refractivity contribution is -0.121. The standard InChI is InChI=1S/C21H26FNO2/c1-21(2,3)17-10-12-18(13-11-17)25-14-6-9-20(24)23-15-16-7-4-5-8-19(16)22/h4-5,7-8,10-13H,6,9,14-15H2,1-3H3,(H,23,24). The quantitative estimate of drug-likeness (QED) is 0.746. The third-order valence-electron chi connectivity index (χ3n) is 3.97. The Labute approximate surface area is 149 Å². The van der Waals surface area contributed by atoms with Gasteiger partial charge in [0.15, 0.2) is 0 Å². The summed E-state index contributed by atoms with van der Waals surface area (Å²) in [6, 6.07) is 14.5.